The topological polar surface area (TPSA) is 12.5 Å². The second-order valence-corrected chi connectivity index (χ2v) is 3.67. The zero-order valence-electron chi connectivity index (χ0n) is 7.97. The molecule has 1 heterocycles. The molecule has 0 radical (unpaired) electrons. The van der Waals surface area contributed by atoms with E-state index in [9.17, 15) is 0 Å². The number of likely N-dealkylation sites (tertiary alicyclic amines) is 1. The summed E-state index contributed by atoms with van der Waals surface area (Å²) in [5.41, 5.74) is 0.0229. The first-order valence-corrected chi connectivity index (χ1v) is 4.41. The molecule has 2 nitrogen and oxygen atoms in total. The molecule has 2 heteroatoms. The van der Waals surface area contributed by atoms with E-state index in [0.29, 0.717) is 0 Å². The Bertz CT molecular complexity index is 185. The molecule has 12 heavy (non-hydrogen) atoms. The average molecular weight is 167 g/mol. The number of piperidine rings is 1. The molecule has 0 bridgehead atoms. The number of hydrogen-bond acceptors (Lipinski definition) is 2. The Morgan fingerprint density at radius 2 is 2.42 bits per heavy atom. The summed E-state index contributed by atoms with van der Waals surface area (Å²) in [7, 11) is 1.78. The van der Waals surface area contributed by atoms with Crippen molar-refractivity contribution in [1.82, 2.24) is 4.90 Å². The van der Waals surface area contributed by atoms with Gasteiger partial charge in [-0.15, -0.1) is 6.42 Å². The first-order valence-electron chi connectivity index (χ1n) is 4.41. The molecule has 0 aromatic rings. The molecule has 1 aliphatic rings. The van der Waals surface area contributed by atoms with Gasteiger partial charge in [0.2, 0.25) is 0 Å². The molecule has 1 aliphatic heterocycles. The Hall–Kier alpha value is -0.520. The van der Waals surface area contributed by atoms with Crippen LogP contribution in [0.4, 0.5) is 0 Å². The van der Waals surface area contributed by atoms with Crippen molar-refractivity contribution in [3.8, 4) is 12.3 Å². The largest absolute Gasteiger partial charge is 0.377 e. The summed E-state index contributed by atoms with van der Waals surface area (Å²) in [5, 5.41) is 0. The van der Waals surface area contributed by atoms with Gasteiger partial charge < -0.3 is 4.74 Å². The predicted molar refractivity (Wildman–Crippen MR) is 49.9 cm³/mol. The van der Waals surface area contributed by atoms with Crippen LogP contribution >= 0.6 is 0 Å². The second kappa shape index (κ2) is 3.93. The van der Waals surface area contributed by atoms with Gasteiger partial charge in [0.05, 0.1) is 12.1 Å². The lowest BCUT2D eigenvalue weighted by Crippen LogP contribution is -2.47. The maximum Gasteiger partial charge on any atom is 0.0777 e. The molecule has 1 fully saturated rings. The monoisotopic (exact) mass is 167 g/mol. The molecular weight excluding hydrogens is 150 g/mol. The highest BCUT2D eigenvalue weighted by molar-refractivity contribution is 4.93. The van der Waals surface area contributed by atoms with Gasteiger partial charge in [0.25, 0.3) is 0 Å². The van der Waals surface area contributed by atoms with Crippen LogP contribution in [0.1, 0.15) is 19.8 Å². The minimum atomic E-state index is 0.0229. The van der Waals surface area contributed by atoms with E-state index in [1.807, 2.05) is 0 Å². The van der Waals surface area contributed by atoms with E-state index in [1.165, 1.54) is 6.42 Å². The quantitative estimate of drug-likeness (QED) is 0.571. The molecule has 0 N–H and O–H groups in total. The molecule has 1 unspecified atom stereocenters. The van der Waals surface area contributed by atoms with Gasteiger partial charge in [-0.2, -0.15) is 0 Å². The number of nitrogens with zero attached hydrogens (tertiary/aromatic N) is 1. The molecule has 0 aromatic carbocycles. The average Bonchev–Trinajstić information content (AvgIpc) is 2.05. The Morgan fingerprint density at radius 3 is 3.00 bits per heavy atom. The second-order valence-electron chi connectivity index (χ2n) is 3.67. The molecule has 1 atom stereocenters. The first-order chi connectivity index (χ1) is 5.70. The molecule has 0 saturated carbocycles. The van der Waals surface area contributed by atoms with Gasteiger partial charge in [0, 0.05) is 13.7 Å². The predicted octanol–water partition coefficient (Wildman–Crippen LogP) is 1.12. The highest BCUT2D eigenvalue weighted by Crippen LogP contribution is 2.23. The third-order valence-electron chi connectivity index (χ3n) is 2.55. The third kappa shape index (κ3) is 2.23. The van der Waals surface area contributed by atoms with E-state index in [-0.39, 0.29) is 5.60 Å². The third-order valence-corrected chi connectivity index (χ3v) is 2.55. The van der Waals surface area contributed by atoms with E-state index in [4.69, 9.17) is 11.2 Å². The van der Waals surface area contributed by atoms with Crippen LogP contribution in [0.15, 0.2) is 0 Å². The van der Waals surface area contributed by atoms with E-state index in [1.54, 1.807) is 7.11 Å². The smallest absolute Gasteiger partial charge is 0.0777 e. The summed E-state index contributed by atoms with van der Waals surface area (Å²) in [5.74, 6) is 2.67. The van der Waals surface area contributed by atoms with Gasteiger partial charge in [0.1, 0.15) is 0 Å². The Labute approximate surface area is 74.9 Å². The normalized spacial score (nSPS) is 31.4. The van der Waals surface area contributed by atoms with Crippen LogP contribution in [-0.2, 0) is 4.74 Å². The van der Waals surface area contributed by atoms with Gasteiger partial charge in [-0.3, -0.25) is 4.90 Å². The summed E-state index contributed by atoms with van der Waals surface area (Å²) in [4.78, 5) is 2.27. The molecular formula is C10H17NO. The SMILES string of the molecule is C#CCN1CCCC(C)(OC)C1. The van der Waals surface area contributed by atoms with Crippen molar-refractivity contribution in [1.29, 1.82) is 0 Å². The minimum absolute atomic E-state index is 0.0229. The summed E-state index contributed by atoms with van der Waals surface area (Å²) in [6.07, 6.45) is 7.59. The summed E-state index contributed by atoms with van der Waals surface area (Å²) < 4.78 is 5.44. The van der Waals surface area contributed by atoms with Crippen molar-refractivity contribution in [2.75, 3.05) is 26.7 Å². The van der Waals surface area contributed by atoms with Crippen molar-refractivity contribution < 1.29 is 4.74 Å². The van der Waals surface area contributed by atoms with Crippen LogP contribution in [-0.4, -0.2) is 37.2 Å². The zero-order chi connectivity index (χ0) is 9.03. The summed E-state index contributed by atoms with van der Waals surface area (Å²) >= 11 is 0. The van der Waals surface area contributed by atoms with Gasteiger partial charge in [-0.1, -0.05) is 5.92 Å². The van der Waals surface area contributed by atoms with Crippen molar-refractivity contribution in [2.45, 2.75) is 25.4 Å². The van der Waals surface area contributed by atoms with Crippen LogP contribution in [0.2, 0.25) is 0 Å². The van der Waals surface area contributed by atoms with Gasteiger partial charge in [-0.25, -0.2) is 0 Å². The van der Waals surface area contributed by atoms with Crippen LogP contribution in [0.25, 0.3) is 0 Å². The number of ether oxygens (including phenoxy) is 1. The van der Waals surface area contributed by atoms with Gasteiger partial charge in [0.15, 0.2) is 0 Å². The van der Waals surface area contributed by atoms with Crippen LogP contribution in [0, 0.1) is 12.3 Å². The standard InChI is InChI=1S/C10H17NO/c1-4-7-11-8-5-6-10(2,9-11)12-3/h1H,5-9H2,2-3H3. The zero-order valence-corrected chi connectivity index (χ0v) is 7.97. The highest BCUT2D eigenvalue weighted by Gasteiger charge is 2.29. The van der Waals surface area contributed by atoms with E-state index in [0.717, 1.165) is 26.1 Å². The van der Waals surface area contributed by atoms with Crippen molar-refractivity contribution in [2.24, 2.45) is 0 Å². The molecule has 0 aliphatic carbocycles. The van der Waals surface area contributed by atoms with Crippen LogP contribution < -0.4 is 0 Å². The number of methoxy groups -OCH3 is 1. The number of rotatable bonds is 2. The molecule has 1 rings (SSSR count). The van der Waals surface area contributed by atoms with Crippen LogP contribution in [0.5, 0.6) is 0 Å². The van der Waals surface area contributed by atoms with Gasteiger partial charge in [-0.05, 0) is 26.3 Å². The van der Waals surface area contributed by atoms with E-state index < -0.39 is 0 Å². The summed E-state index contributed by atoms with van der Waals surface area (Å²) in [6, 6.07) is 0. The minimum Gasteiger partial charge on any atom is -0.377 e. The van der Waals surface area contributed by atoms with E-state index in [2.05, 4.69) is 17.7 Å². The molecule has 0 spiro atoms. The molecule has 68 valence electrons. The van der Waals surface area contributed by atoms with Crippen molar-refractivity contribution in [3.63, 3.8) is 0 Å². The van der Waals surface area contributed by atoms with Gasteiger partial charge >= 0.3 is 0 Å². The summed E-state index contributed by atoms with van der Waals surface area (Å²) in [6.45, 7) is 4.98. The molecule has 1 saturated heterocycles. The Kier molecular flexibility index (Phi) is 3.13. The lowest BCUT2D eigenvalue weighted by Gasteiger charge is -2.38. The maximum absolute atomic E-state index is 5.44. The first kappa shape index (κ1) is 9.57. The van der Waals surface area contributed by atoms with Crippen LogP contribution in [0.3, 0.4) is 0 Å². The van der Waals surface area contributed by atoms with E-state index >= 15 is 0 Å². The number of terminal acetylenes is 1. The Morgan fingerprint density at radius 1 is 1.67 bits per heavy atom. The lowest BCUT2D eigenvalue weighted by molar-refractivity contribution is -0.0474. The maximum atomic E-state index is 5.44. The van der Waals surface area contributed by atoms with Crippen molar-refractivity contribution in [3.05, 3.63) is 0 Å². The fourth-order valence-corrected chi connectivity index (χ4v) is 1.74. The number of hydrogen-bond donors (Lipinski definition) is 0. The molecule has 0 aromatic heterocycles. The Balaban J connectivity index is 2.46. The fourth-order valence-electron chi connectivity index (χ4n) is 1.74. The molecule has 0 amide bonds. The highest BCUT2D eigenvalue weighted by atomic mass is 16.5. The van der Waals surface area contributed by atoms with Crippen molar-refractivity contribution >= 4 is 0 Å². The fraction of sp³-hybridized carbons (Fsp3) is 0.800. The lowest BCUT2D eigenvalue weighted by atomic mass is 9.95.